The van der Waals surface area contributed by atoms with Gasteiger partial charge in [0.1, 0.15) is 0 Å². The molecule has 1 saturated carbocycles. The molecule has 1 unspecified atom stereocenters. The lowest BCUT2D eigenvalue weighted by molar-refractivity contribution is 0.523. The minimum atomic E-state index is 0.675. The summed E-state index contributed by atoms with van der Waals surface area (Å²) in [5.41, 5.74) is 0. The van der Waals surface area contributed by atoms with Crippen LogP contribution in [-0.4, -0.2) is 12.6 Å². The number of halogens is 1. The zero-order chi connectivity index (χ0) is 7.56. The van der Waals surface area contributed by atoms with Crippen LogP contribution in [0.2, 0.25) is 0 Å². The van der Waals surface area contributed by atoms with Crippen LogP contribution >= 0.6 is 15.9 Å². The average Bonchev–Trinajstić information content (AvgIpc) is 2.63. The van der Waals surface area contributed by atoms with E-state index in [1.807, 2.05) is 0 Å². The Balaban J connectivity index is 2.05. The van der Waals surface area contributed by atoms with E-state index >= 15 is 0 Å². The summed E-state index contributed by atoms with van der Waals surface area (Å²) < 4.78 is 1.04. The van der Waals surface area contributed by atoms with E-state index in [0.717, 1.165) is 16.9 Å². The SMILES string of the molecule is C=C(Br)CNC(C)C1CC1. The first kappa shape index (κ1) is 8.28. The van der Waals surface area contributed by atoms with Gasteiger partial charge in [-0.2, -0.15) is 0 Å². The summed E-state index contributed by atoms with van der Waals surface area (Å²) in [6.07, 6.45) is 2.81. The van der Waals surface area contributed by atoms with Gasteiger partial charge in [0.05, 0.1) is 0 Å². The van der Waals surface area contributed by atoms with Gasteiger partial charge >= 0.3 is 0 Å². The van der Waals surface area contributed by atoms with Crippen LogP contribution in [0.25, 0.3) is 0 Å². The van der Waals surface area contributed by atoms with Gasteiger partial charge in [-0.15, -0.1) is 0 Å². The van der Waals surface area contributed by atoms with Gasteiger partial charge in [-0.3, -0.25) is 0 Å². The van der Waals surface area contributed by atoms with E-state index in [1.54, 1.807) is 0 Å². The van der Waals surface area contributed by atoms with Crippen LogP contribution in [0, 0.1) is 5.92 Å². The van der Waals surface area contributed by atoms with Crippen molar-refractivity contribution in [2.75, 3.05) is 6.54 Å². The topological polar surface area (TPSA) is 12.0 Å². The molecule has 0 spiro atoms. The summed E-state index contributed by atoms with van der Waals surface area (Å²) in [6.45, 7) is 6.91. The normalized spacial score (nSPS) is 20.6. The summed E-state index contributed by atoms with van der Waals surface area (Å²) in [5.74, 6) is 0.937. The second kappa shape index (κ2) is 3.54. The summed E-state index contributed by atoms with van der Waals surface area (Å²) in [7, 11) is 0. The molecule has 1 aliphatic rings. The average molecular weight is 204 g/mol. The number of hydrogen-bond acceptors (Lipinski definition) is 1. The van der Waals surface area contributed by atoms with E-state index < -0.39 is 0 Å². The molecule has 0 heterocycles. The molecule has 1 atom stereocenters. The maximum atomic E-state index is 3.76. The van der Waals surface area contributed by atoms with Crippen molar-refractivity contribution in [2.45, 2.75) is 25.8 Å². The molecular formula is C8H14BrN. The van der Waals surface area contributed by atoms with Gasteiger partial charge in [0.2, 0.25) is 0 Å². The Kier molecular flexibility index (Phi) is 2.93. The van der Waals surface area contributed by atoms with Crippen LogP contribution in [0.5, 0.6) is 0 Å². The molecule has 1 fully saturated rings. The van der Waals surface area contributed by atoms with E-state index in [4.69, 9.17) is 0 Å². The Bertz CT molecular complexity index is 129. The third-order valence-electron chi connectivity index (χ3n) is 1.94. The van der Waals surface area contributed by atoms with E-state index in [2.05, 4.69) is 34.7 Å². The Hall–Kier alpha value is 0.180. The number of hydrogen-bond donors (Lipinski definition) is 1. The lowest BCUT2D eigenvalue weighted by Crippen LogP contribution is -2.28. The van der Waals surface area contributed by atoms with Gasteiger partial charge < -0.3 is 5.32 Å². The third kappa shape index (κ3) is 2.84. The largest absolute Gasteiger partial charge is 0.309 e. The fourth-order valence-corrected chi connectivity index (χ4v) is 1.20. The highest BCUT2D eigenvalue weighted by molar-refractivity contribution is 9.11. The van der Waals surface area contributed by atoms with Crippen molar-refractivity contribution in [2.24, 2.45) is 5.92 Å². The molecule has 0 aliphatic heterocycles. The minimum absolute atomic E-state index is 0.675. The van der Waals surface area contributed by atoms with Gasteiger partial charge in [0, 0.05) is 17.1 Å². The van der Waals surface area contributed by atoms with Crippen molar-refractivity contribution in [3.8, 4) is 0 Å². The molecule has 1 N–H and O–H groups in total. The van der Waals surface area contributed by atoms with Crippen molar-refractivity contribution < 1.29 is 0 Å². The van der Waals surface area contributed by atoms with Crippen LogP contribution < -0.4 is 5.32 Å². The van der Waals surface area contributed by atoms with Crippen molar-refractivity contribution in [3.63, 3.8) is 0 Å². The van der Waals surface area contributed by atoms with Crippen molar-refractivity contribution in [3.05, 3.63) is 11.1 Å². The van der Waals surface area contributed by atoms with Crippen LogP contribution in [0.1, 0.15) is 19.8 Å². The molecule has 2 heteroatoms. The molecule has 58 valence electrons. The molecule has 1 nitrogen and oxygen atoms in total. The second-order valence-electron chi connectivity index (χ2n) is 3.02. The Morgan fingerprint density at radius 3 is 2.80 bits per heavy atom. The molecule has 0 bridgehead atoms. The molecular weight excluding hydrogens is 190 g/mol. The fraction of sp³-hybridized carbons (Fsp3) is 0.750. The zero-order valence-electron chi connectivity index (χ0n) is 6.36. The van der Waals surface area contributed by atoms with Gasteiger partial charge in [0.15, 0.2) is 0 Å². The van der Waals surface area contributed by atoms with Crippen LogP contribution in [-0.2, 0) is 0 Å². The summed E-state index contributed by atoms with van der Waals surface area (Å²) in [4.78, 5) is 0. The van der Waals surface area contributed by atoms with Gasteiger partial charge in [-0.1, -0.05) is 22.5 Å². The molecule has 0 radical (unpaired) electrons. The van der Waals surface area contributed by atoms with Crippen molar-refractivity contribution in [1.29, 1.82) is 0 Å². The van der Waals surface area contributed by atoms with E-state index in [0.29, 0.717) is 6.04 Å². The minimum Gasteiger partial charge on any atom is -0.309 e. The molecule has 0 aromatic carbocycles. The van der Waals surface area contributed by atoms with Gasteiger partial charge in [-0.25, -0.2) is 0 Å². The van der Waals surface area contributed by atoms with Crippen LogP contribution in [0.4, 0.5) is 0 Å². The summed E-state index contributed by atoms with van der Waals surface area (Å²) in [6, 6.07) is 0.675. The Morgan fingerprint density at radius 2 is 2.40 bits per heavy atom. The van der Waals surface area contributed by atoms with E-state index in [9.17, 15) is 0 Å². The fourth-order valence-electron chi connectivity index (χ4n) is 1.03. The lowest BCUT2D eigenvalue weighted by atomic mass is 10.2. The van der Waals surface area contributed by atoms with E-state index in [-0.39, 0.29) is 0 Å². The first-order valence-electron chi connectivity index (χ1n) is 3.77. The molecule has 0 aromatic heterocycles. The zero-order valence-corrected chi connectivity index (χ0v) is 7.95. The summed E-state index contributed by atoms with van der Waals surface area (Å²) in [5, 5.41) is 3.40. The number of nitrogens with one attached hydrogen (secondary N) is 1. The highest BCUT2D eigenvalue weighted by Crippen LogP contribution is 2.32. The standard InChI is InChI=1S/C8H14BrN/c1-6(9)5-10-7(2)8-3-4-8/h7-8,10H,1,3-5H2,2H3. The lowest BCUT2D eigenvalue weighted by Gasteiger charge is -2.10. The molecule has 10 heavy (non-hydrogen) atoms. The first-order chi connectivity index (χ1) is 4.70. The molecule has 1 rings (SSSR count). The Labute approximate surface area is 71.0 Å². The Morgan fingerprint density at radius 1 is 1.80 bits per heavy atom. The van der Waals surface area contributed by atoms with Crippen LogP contribution in [0.3, 0.4) is 0 Å². The highest BCUT2D eigenvalue weighted by Gasteiger charge is 2.27. The predicted molar refractivity (Wildman–Crippen MR) is 48.3 cm³/mol. The predicted octanol–water partition coefficient (Wildman–Crippen LogP) is 2.28. The highest BCUT2D eigenvalue weighted by atomic mass is 79.9. The smallest absolute Gasteiger partial charge is 0.0268 e. The molecule has 1 aliphatic carbocycles. The monoisotopic (exact) mass is 203 g/mol. The second-order valence-corrected chi connectivity index (χ2v) is 4.15. The van der Waals surface area contributed by atoms with Crippen molar-refractivity contribution in [1.82, 2.24) is 5.32 Å². The van der Waals surface area contributed by atoms with Gasteiger partial charge in [-0.05, 0) is 25.7 Å². The van der Waals surface area contributed by atoms with E-state index in [1.165, 1.54) is 12.8 Å². The van der Waals surface area contributed by atoms with Crippen LogP contribution in [0.15, 0.2) is 11.1 Å². The molecule has 0 aromatic rings. The third-order valence-corrected chi connectivity index (χ3v) is 2.23. The maximum absolute atomic E-state index is 3.76. The maximum Gasteiger partial charge on any atom is 0.0268 e. The van der Waals surface area contributed by atoms with Crippen molar-refractivity contribution >= 4 is 15.9 Å². The molecule has 0 saturated heterocycles. The number of rotatable bonds is 4. The quantitative estimate of drug-likeness (QED) is 0.740. The first-order valence-corrected chi connectivity index (χ1v) is 4.56. The summed E-state index contributed by atoms with van der Waals surface area (Å²) >= 11 is 3.32. The molecule has 0 amide bonds. The van der Waals surface area contributed by atoms with Gasteiger partial charge in [0.25, 0.3) is 0 Å².